The first kappa shape index (κ1) is 16.0. The van der Waals surface area contributed by atoms with Gasteiger partial charge in [-0.3, -0.25) is 4.90 Å². The summed E-state index contributed by atoms with van der Waals surface area (Å²) in [7, 11) is 2.15. The molecule has 0 bridgehead atoms. The zero-order valence-electron chi connectivity index (χ0n) is 14.1. The number of aromatic nitrogens is 1. The van der Waals surface area contributed by atoms with Crippen molar-refractivity contribution in [3.8, 4) is 0 Å². The first-order valence-corrected chi connectivity index (χ1v) is 8.23. The third-order valence-corrected chi connectivity index (χ3v) is 4.71. The Bertz CT molecular complexity index is 712. The van der Waals surface area contributed by atoms with Crippen LogP contribution >= 0.6 is 0 Å². The Labute approximate surface area is 137 Å². The highest BCUT2D eigenvalue weighted by molar-refractivity contribution is 5.95. The van der Waals surface area contributed by atoms with Gasteiger partial charge < -0.3 is 14.6 Å². The average molecular weight is 315 g/mol. The molecule has 1 aliphatic heterocycles. The molecule has 1 aromatic carbocycles. The van der Waals surface area contributed by atoms with E-state index < -0.39 is 5.97 Å². The molecule has 2 aromatic rings. The number of carboxylic acid groups (broad SMARTS) is 1. The van der Waals surface area contributed by atoms with Gasteiger partial charge in [0, 0.05) is 55.9 Å². The van der Waals surface area contributed by atoms with E-state index in [1.54, 1.807) is 6.07 Å². The fourth-order valence-electron chi connectivity index (χ4n) is 3.26. The van der Waals surface area contributed by atoms with Gasteiger partial charge in [0.25, 0.3) is 0 Å². The lowest BCUT2D eigenvalue weighted by Crippen LogP contribution is -2.43. The summed E-state index contributed by atoms with van der Waals surface area (Å²) in [6, 6.07) is 5.81. The van der Waals surface area contributed by atoms with Gasteiger partial charge in [0.2, 0.25) is 0 Å². The van der Waals surface area contributed by atoms with Crippen LogP contribution in [0.3, 0.4) is 0 Å². The second-order valence-electron chi connectivity index (χ2n) is 6.77. The topological polar surface area (TPSA) is 48.7 Å². The second-order valence-corrected chi connectivity index (χ2v) is 6.77. The molecule has 0 atom stereocenters. The standard InChI is InChI=1S/C18H25N3O2/c1-13(2)21-12-15(11-20-8-6-19(3)7-9-20)16-10-14(18(22)23)4-5-17(16)21/h4-5,10,12-13H,6-9,11H2,1-3H3,(H,22,23). The summed E-state index contributed by atoms with van der Waals surface area (Å²) in [4.78, 5) is 16.1. The lowest BCUT2D eigenvalue weighted by Gasteiger charge is -2.32. The van der Waals surface area contributed by atoms with Gasteiger partial charge in [0.05, 0.1) is 5.56 Å². The minimum absolute atomic E-state index is 0.356. The minimum atomic E-state index is -0.866. The van der Waals surface area contributed by atoms with Crippen LogP contribution in [0.4, 0.5) is 0 Å². The number of nitrogens with zero attached hydrogens (tertiary/aromatic N) is 3. The number of aromatic carboxylic acids is 1. The molecule has 1 N–H and O–H groups in total. The molecule has 1 aromatic heterocycles. The van der Waals surface area contributed by atoms with E-state index in [0.29, 0.717) is 11.6 Å². The summed E-state index contributed by atoms with van der Waals surface area (Å²) in [6.07, 6.45) is 2.19. The number of benzene rings is 1. The Hall–Kier alpha value is -1.85. The Morgan fingerprint density at radius 3 is 2.52 bits per heavy atom. The third-order valence-electron chi connectivity index (χ3n) is 4.71. The molecular weight excluding hydrogens is 290 g/mol. The normalized spacial score (nSPS) is 17.2. The first-order valence-electron chi connectivity index (χ1n) is 8.23. The fraction of sp³-hybridized carbons (Fsp3) is 0.500. The molecule has 1 aliphatic rings. The molecule has 0 unspecified atom stereocenters. The van der Waals surface area contributed by atoms with Gasteiger partial charge in [-0.05, 0) is 44.7 Å². The number of carbonyl (C=O) groups is 1. The van der Waals surface area contributed by atoms with E-state index in [1.165, 1.54) is 5.56 Å². The van der Waals surface area contributed by atoms with Crippen molar-refractivity contribution in [1.29, 1.82) is 0 Å². The van der Waals surface area contributed by atoms with Crippen molar-refractivity contribution in [2.24, 2.45) is 0 Å². The molecule has 2 heterocycles. The number of likely N-dealkylation sites (N-methyl/N-ethyl adjacent to an activating group) is 1. The molecule has 0 radical (unpaired) electrons. The SMILES string of the molecule is CC(C)n1cc(CN2CCN(C)CC2)c2cc(C(=O)O)ccc21. The van der Waals surface area contributed by atoms with Crippen LogP contribution < -0.4 is 0 Å². The largest absolute Gasteiger partial charge is 0.478 e. The molecule has 3 rings (SSSR count). The Morgan fingerprint density at radius 2 is 1.91 bits per heavy atom. The molecular formula is C18H25N3O2. The van der Waals surface area contributed by atoms with E-state index in [4.69, 9.17) is 0 Å². The summed E-state index contributed by atoms with van der Waals surface area (Å²) >= 11 is 0. The summed E-state index contributed by atoms with van der Waals surface area (Å²) in [5, 5.41) is 10.3. The Morgan fingerprint density at radius 1 is 1.22 bits per heavy atom. The van der Waals surface area contributed by atoms with Gasteiger partial charge in [-0.15, -0.1) is 0 Å². The molecule has 1 saturated heterocycles. The number of hydrogen-bond donors (Lipinski definition) is 1. The van der Waals surface area contributed by atoms with Gasteiger partial charge in [-0.1, -0.05) is 0 Å². The highest BCUT2D eigenvalue weighted by Gasteiger charge is 2.18. The van der Waals surface area contributed by atoms with Crippen molar-refractivity contribution in [3.05, 3.63) is 35.5 Å². The van der Waals surface area contributed by atoms with Crippen LogP contribution in [0, 0.1) is 0 Å². The molecule has 0 saturated carbocycles. The molecule has 23 heavy (non-hydrogen) atoms. The molecule has 5 nitrogen and oxygen atoms in total. The zero-order chi connectivity index (χ0) is 16.6. The van der Waals surface area contributed by atoms with Crippen LogP contribution in [-0.4, -0.2) is 58.7 Å². The van der Waals surface area contributed by atoms with Gasteiger partial charge in [-0.2, -0.15) is 0 Å². The van der Waals surface area contributed by atoms with Crippen molar-refractivity contribution < 1.29 is 9.90 Å². The van der Waals surface area contributed by atoms with E-state index in [1.807, 2.05) is 12.1 Å². The quantitative estimate of drug-likeness (QED) is 0.942. The molecule has 1 fully saturated rings. The molecule has 0 amide bonds. The first-order chi connectivity index (χ1) is 11.0. The van der Waals surface area contributed by atoms with Crippen LogP contribution in [0.25, 0.3) is 10.9 Å². The van der Waals surface area contributed by atoms with E-state index in [9.17, 15) is 9.90 Å². The van der Waals surface area contributed by atoms with Gasteiger partial charge in [-0.25, -0.2) is 4.79 Å². The van der Waals surface area contributed by atoms with Crippen molar-refractivity contribution in [2.75, 3.05) is 33.2 Å². The van der Waals surface area contributed by atoms with Crippen LogP contribution in [0.1, 0.15) is 35.8 Å². The summed E-state index contributed by atoms with van der Waals surface area (Å²) < 4.78 is 2.24. The number of carboxylic acids is 1. The number of hydrogen-bond acceptors (Lipinski definition) is 3. The smallest absolute Gasteiger partial charge is 0.335 e. The van der Waals surface area contributed by atoms with Gasteiger partial charge >= 0.3 is 5.97 Å². The van der Waals surface area contributed by atoms with E-state index >= 15 is 0 Å². The van der Waals surface area contributed by atoms with Gasteiger partial charge in [0.15, 0.2) is 0 Å². The predicted octanol–water partition coefficient (Wildman–Crippen LogP) is 2.67. The Balaban J connectivity index is 1.97. The second kappa shape index (κ2) is 6.34. The fourth-order valence-corrected chi connectivity index (χ4v) is 3.26. The van der Waals surface area contributed by atoms with Crippen LogP contribution in [0.5, 0.6) is 0 Å². The van der Waals surface area contributed by atoms with E-state index in [0.717, 1.165) is 43.6 Å². The van der Waals surface area contributed by atoms with Crippen molar-refractivity contribution in [2.45, 2.75) is 26.4 Å². The summed E-state index contributed by atoms with van der Waals surface area (Å²) in [6.45, 7) is 9.49. The van der Waals surface area contributed by atoms with E-state index in [2.05, 4.69) is 41.5 Å². The van der Waals surface area contributed by atoms with Crippen LogP contribution in [0.2, 0.25) is 0 Å². The van der Waals surface area contributed by atoms with Crippen molar-refractivity contribution in [1.82, 2.24) is 14.4 Å². The maximum atomic E-state index is 11.3. The minimum Gasteiger partial charge on any atom is -0.478 e. The highest BCUT2D eigenvalue weighted by atomic mass is 16.4. The molecule has 0 aliphatic carbocycles. The van der Waals surface area contributed by atoms with Gasteiger partial charge in [0.1, 0.15) is 0 Å². The van der Waals surface area contributed by atoms with Crippen LogP contribution in [0.15, 0.2) is 24.4 Å². The average Bonchev–Trinajstić information content (AvgIpc) is 2.88. The number of fused-ring (bicyclic) bond motifs is 1. The highest BCUT2D eigenvalue weighted by Crippen LogP contribution is 2.27. The molecule has 5 heteroatoms. The number of rotatable bonds is 4. The number of piperazine rings is 1. The van der Waals surface area contributed by atoms with Crippen molar-refractivity contribution in [3.63, 3.8) is 0 Å². The van der Waals surface area contributed by atoms with Crippen molar-refractivity contribution >= 4 is 16.9 Å². The zero-order valence-corrected chi connectivity index (χ0v) is 14.1. The lowest BCUT2D eigenvalue weighted by molar-refractivity contribution is 0.0697. The molecule has 0 spiro atoms. The third kappa shape index (κ3) is 3.26. The summed E-state index contributed by atoms with van der Waals surface area (Å²) in [5.41, 5.74) is 2.70. The predicted molar refractivity (Wildman–Crippen MR) is 92.1 cm³/mol. The summed E-state index contributed by atoms with van der Waals surface area (Å²) in [5.74, 6) is -0.866. The Kier molecular flexibility index (Phi) is 4.41. The maximum absolute atomic E-state index is 11.3. The van der Waals surface area contributed by atoms with Crippen LogP contribution in [-0.2, 0) is 6.54 Å². The monoisotopic (exact) mass is 315 g/mol. The van der Waals surface area contributed by atoms with E-state index in [-0.39, 0.29) is 0 Å². The lowest BCUT2D eigenvalue weighted by atomic mass is 10.1. The maximum Gasteiger partial charge on any atom is 0.335 e. The molecule has 124 valence electrons.